The number of aromatic nitrogens is 2. The summed E-state index contributed by atoms with van der Waals surface area (Å²) in [6, 6.07) is 2.43. The van der Waals surface area contributed by atoms with E-state index < -0.39 is 22.0 Å². The monoisotopic (exact) mass is 352 g/mol. The molecule has 1 aromatic carbocycles. The molecule has 0 saturated carbocycles. The number of aryl methyl sites for hydroxylation is 2. The Kier molecular flexibility index (Phi) is 5.05. The molecule has 3 N–H and O–H groups in total. The zero-order valence-electron chi connectivity index (χ0n) is 14.0. The predicted octanol–water partition coefficient (Wildman–Crippen LogP) is 1.52. The Morgan fingerprint density at radius 2 is 2.00 bits per heavy atom. The summed E-state index contributed by atoms with van der Waals surface area (Å²) < 4.78 is 28.5. The van der Waals surface area contributed by atoms with E-state index in [0.717, 1.165) is 0 Å². The second-order valence-electron chi connectivity index (χ2n) is 5.58. The van der Waals surface area contributed by atoms with Gasteiger partial charge in [-0.2, -0.15) is 4.98 Å². The molecule has 0 unspecified atom stereocenters. The number of nitrogens with zero attached hydrogens (tertiary/aromatic N) is 2. The van der Waals surface area contributed by atoms with Crippen LogP contribution in [0.2, 0.25) is 0 Å². The van der Waals surface area contributed by atoms with Crippen LogP contribution in [0, 0.1) is 20.8 Å². The summed E-state index contributed by atoms with van der Waals surface area (Å²) in [7, 11) is -3.92. The SMILES string of the molecule is CC[C@@H](NC(=O)c1cc(C)c(C)c(S(N)(=O)=O)c1)c1nc(C)no1. The molecule has 1 amide bonds. The molecule has 1 aromatic heterocycles. The maximum atomic E-state index is 12.5. The number of carbonyl (C=O) groups is 1. The van der Waals surface area contributed by atoms with Gasteiger partial charge in [-0.15, -0.1) is 0 Å². The van der Waals surface area contributed by atoms with Gasteiger partial charge in [0.1, 0.15) is 6.04 Å². The van der Waals surface area contributed by atoms with Crippen LogP contribution >= 0.6 is 0 Å². The lowest BCUT2D eigenvalue weighted by atomic mass is 10.1. The van der Waals surface area contributed by atoms with Gasteiger partial charge in [-0.25, -0.2) is 13.6 Å². The number of hydrogen-bond donors (Lipinski definition) is 2. The van der Waals surface area contributed by atoms with E-state index >= 15 is 0 Å². The van der Waals surface area contributed by atoms with E-state index in [1.165, 1.54) is 6.07 Å². The van der Waals surface area contributed by atoms with Gasteiger partial charge in [0.25, 0.3) is 5.91 Å². The molecule has 1 atom stereocenters. The molecule has 0 bridgehead atoms. The fourth-order valence-corrected chi connectivity index (χ4v) is 3.17. The number of primary sulfonamides is 1. The van der Waals surface area contributed by atoms with E-state index in [-0.39, 0.29) is 10.5 Å². The lowest BCUT2D eigenvalue weighted by molar-refractivity contribution is 0.0926. The number of sulfonamides is 1. The zero-order valence-corrected chi connectivity index (χ0v) is 14.8. The summed E-state index contributed by atoms with van der Waals surface area (Å²) in [5, 5.41) is 11.7. The lowest BCUT2D eigenvalue weighted by Crippen LogP contribution is -2.29. The van der Waals surface area contributed by atoms with Crippen LogP contribution in [-0.2, 0) is 10.0 Å². The topological polar surface area (TPSA) is 128 Å². The van der Waals surface area contributed by atoms with E-state index in [9.17, 15) is 13.2 Å². The van der Waals surface area contributed by atoms with Gasteiger partial charge in [0.05, 0.1) is 4.90 Å². The first-order valence-electron chi connectivity index (χ1n) is 7.38. The Morgan fingerprint density at radius 3 is 2.50 bits per heavy atom. The van der Waals surface area contributed by atoms with Gasteiger partial charge in [-0.05, 0) is 50.5 Å². The van der Waals surface area contributed by atoms with Crippen molar-refractivity contribution in [2.24, 2.45) is 5.14 Å². The van der Waals surface area contributed by atoms with Gasteiger partial charge < -0.3 is 9.84 Å². The molecule has 8 nitrogen and oxygen atoms in total. The third-order valence-corrected chi connectivity index (χ3v) is 4.78. The summed E-state index contributed by atoms with van der Waals surface area (Å²) in [6.07, 6.45) is 0.542. The largest absolute Gasteiger partial charge is 0.340 e. The van der Waals surface area contributed by atoms with Crippen LogP contribution in [-0.4, -0.2) is 24.5 Å². The molecule has 24 heavy (non-hydrogen) atoms. The summed E-state index contributed by atoms with van der Waals surface area (Å²) >= 11 is 0. The molecule has 0 aliphatic rings. The molecule has 0 aliphatic heterocycles. The highest BCUT2D eigenvalue weighted by molar-refractivity contribution is 7.89. The van der Waals surface area contributed by atoms with Crippen LogP contribution < -0.4 is 10.5 Å². The minimum Gasteiger partial charge on any atom is -0.340 e. The van der Waals surface area contributed by atoms with Gasteiger partial charge in [0.2, 0.25) is 15.9 Å². The number of hydrogen-bond acceptors (Lipinski definition) is 6. The quantitative estimate of drug-likeness (QED) is 0.839. The highest BCUT2D eigenvalue weighted by Crippen LogP contribution is 2.21. The second-order valence-corrected chi connectivity index (χ2v) is 7.11. The average molecular weight is 352 g/mol. The van der Waals surface area contributed by atoms with Crippen molar-refractivity contribution in [2.75, 3.05) is 0 Å². The molecule has 2 rings (SSSR count). The molecule has 9 heteroatoms. The highest BCUT2D eigenvalue weighted by atomic mass is 32.2. The van der Waals surface area contributed by atoms with Crippen LogP contribution in [0.4, 0.5) is 0 Å². The number of carbonyl (C=O) groups excluding carboxylic acids is 1. The van der Waals surface area contributed by atoms with Crippen LogP contribution in [0.15, 0.2) is 21.6 Å². The van der Waals surface area contributed by atoms with Crippen molar-refractivity contribution >= 4 is 15.9 Å². The van der Waals surface area contributed by atoms with Crippen molar-refractivity contribution in [3.63, 3.8) is 0 Å². The van der Waals surface area contributed by atoms with Crippen molar-refractivity contribution in [3.05, 3.63) is 40.5 Å². The molecule has 0 aliphatic carbocycles. The van der Waals surface area contributed by atoms with Crippen molar-refractivity contribution < 1.29 is 17.7 Å². The van der Waals surface area contributed by atoms with E-state index in [4.69, 9.17) is 9.66 Å². The zero-order chi connectivity index (χ0) is 18.1. The molecule has 1 heterocycles. The van der Waals surface area contributed by atoms with Gasteiger partial charge >= 0.3 is 0 Å². The Balaban J connectivity index is 2.34. The lowest BCUT2D eigenvalue weighted by Gasteiger charge is -2.15. The van der Waals surface area contributed by atoms with Crippen molar-refractivity contribution in [1.82, 2.24) is 15.5 Å². The fourth-order valence-electron chi connectivity index (χ4n) is 2.29. The second kappa shape index (κ2) is 6.70. The summed E-state index contributed by atoms with van der Waals surface area (Å²) in [5.41, 5.74) is 1.39. The number of benzene rings is 1. The van der Waals surface area contributed by atoms with Crippen molar-refractivity contribution in [3.8, 4) is 0 Å². The smallest absolute Gasteiger partial charge is 0.251 e. The number of rotatable bonds is 5. The van der Waals surface area contributed by atoms with Gasteiger partial charge in [0, 0.05) is 5.56 Å². The maximum Gasteiger partial charge on any atom is 0.251 e. The Bertz CT molecular complexity index is 874. The molecule has 0 saturated heterocycles. The summed E-state index contributed by atoms with van der Waals surface area (Å²) in [4.78, 5) is 16.5. The van der Waals surface area contributed by atoms with Crippen molar-refractivity contribution in [2.45, 2.75) is 45.1 Å². The normalized spacial score (nSPS) is 12.9. The predicted molar refractivity (Wildman–Crippen MR) is 86.8 cm³/mol. The van der Waals surface area contributed by atoms with E-state index in [1.807, 2.05) is 6.92 Å². The van der Waals surface area contributed by atoms with E-state index in [2.05, 4.69) is 15.5 Å². The van der Waals surface area contributed by atoms with E-state index in [0.29, 0.717) is 29.3 Å². The molecule has 0 fully saturated rings. The molecular formula is C15H20N4O4S. The molecular weight excluding hydrogens is 332 g/mol. The van der Waals surface area contributed by atoms with Crippen LogP contribution in [0.5, 0.6) is 0 Å². The standard InChI is InChI=1S/C15H20N4O4S/c1-5-12(15-17-10(4)19-23-15)18-14(20)11-6-8(2)9(3)13(7-11)24(16,21)22/h6-7,12H,5H2,1-4H3,(H,18,20)(H2,16,21,22)/t12-/m1/s1. The third-order valence-electron chi connectivity index (χ3n) is 3.74. The minimum atomic E-state index is -3.92. The van der Waals surface area contributed by atoms with Crippen LogP contribution in [0.1, 0.15) is 52.6 Å². The average Bonchev–Trinajstić information content (AvgIpc) is 2.92. The van der Waals surface area contributed by atoms with Gasteiger partial charge in [-0.3, -0.25) is 4.79 Å². The first-order chi connectivity index (χ1) is 11.1. The molecule has 2 aromatic rings. The molecule has 0 spiro atoms. The van der Waals surface area contributed by atoms with Gasteiger partial charge in [-0.1, -0.05) is 12.1 Å². The van der Waals surface area contributed by atoms with Crippen molar-refractivity contribution in [1.29, 1.82) is 0 Å². The molecule has 130 valence electrons. The Hall–Kier alpha value is -2.26. The van der Waals surface area contributed by atoms with Gasteiger partial charge in [0.15, 0.2) is 5.82 Å². The molecule has 0 radical (unpaired) electrons. The first kappa shape index (κ1) is 18.1. The van der Waals surface area contributed by atoms with Crippen LogP contribution in [0.25, 0.3) is 0 Å². The third kappa shape index (κ3) is 3.80. The number of nitrogens with one attached hydrogen (secondary N) is 1. The summed E-state index contributed by atoms with van der Waals surface area (Å²) in [6.45, 7) is 6.91. The summed E-state index contributed by atoms with van der Waals surface area (Å²) in [5.74, 6) is 0.338. The Labute approximate surface area is 140 Å². The fraction of sp³-hybridized carbons (Fsp3) is 0.400. The van der Waals surface area contributed by atoms with E-state index in [1.54, 1.807) is 26.8 Å². The highest BCUT2D eigenvalue weighted by Gasteiger charge is 2.22. The van der Waals surface area contributed by atoms with Crippen LogP contribution in [0.3, 0.4) is 0 Å². The minimum absolute atomic E-state index is 0.0608. The first-order valence-corrected chi connectivity index (χ1v) is 8.93. The number of nitrogens with two attached hydrogens (primary N) is 1. The Morgan fingerprint density at radius 1 is 1.33 bits per heavy atom. The number of amides is 1. The maximum absolute atomic E-state index is 12.5.